The van der Waals surface area contributed by atoms with Crippen LogP contribution in [0, 0.1) is 5.92 Å². The number of hydrogen-bond donors (Lipinski definition) is 2. The second-order valence-corrected chi connectivity index (χ2v) is 11.2. The van der Waals surface area contributed by atoms with Crippen LogP contribution in [0.1, 0.15) is 64.2 Å². The summed E-state index contributed by atoms with van der Waals surface area (Å²) in [7, 11) is 0. The normalized spacial score (nSPS) is 20.7. The predicted molar refractivity (Wildman–Crippen MR) is 150 cm³/mol. The van der Waals surface area contributed by atoms with Gasteiger partial charge in [0.2, 0.25) is 0 Å². The maximum absolute atomic E-state index is 13.1. The van der Waals surface area contributed by atoms with Crippen molar-refractivity contribution in [2.24, 2.45) is 5.92 Å². The van der Waals surface area contributed by atoms with Gasteiger partial charge in [-0.05, 0) is 81.8 Å². The molecule has 6 rings (SSSR count). The summed E-state index contributed by atoms with van der Waals surface area (Å²) in [4.78, 5) is 21.5. The highest BCUT2D eigenvalue weighted by Crippen LogP contribution is 2.36. The molecule has 0 unspecified atom stereocenters. The third kappa shape index (κ3) is 5.06. The van der Waals surface area contributed by atoms with E-state index in [1.165, 1.54) is 83.0 Å². The van der Waals surface area contributed by atoms with E-state index in [0.29, 0.717) is 12.0 Å². The van der Waals surface area contributed by atoms with Gasteiger partial charge < -0.3 is 20.1 Å². The molecule has 3 aromatic rings. The molecule has 2 saturated heterocycles. The van der Waals surface area contributed by atoms with E-state index >= 15 is 0 Å². The molecule has 192 valence electrons. The minimum absolute atomic E-state index is 0.0298. The van der Waals surface area contributed by atoms with Crippen LogP contribution in [0.5, 0.6) is 0 Å². The Labute approximate surface area is 214 Å². The van der Waals surface area contributed by atoms with Gasteiger partial charge in [-0.25, -0.2) is 4.79 Å². The summed E-state index contributed by atoms with van der Waals surface area (Å²) in [6.07, 6.45) is 12.9. The Kier molecular flexibility index (Phi) is 7.04. The molecule has 2 aliphatic heterocycles. The Morgan fingerprint density at radius 3 is 2.31 bits per heavy atom. The van der Waals surface area contributed by atoms with Crippen molar-refractivity contribution >= 4 is 28.1 Å². The molecule has 2 N–H and O–H groups in total. The Hall–Kier alpha value is -2.73. The van der Waals surface area contributed by atoms with E-state index in [0.717, 1.165) is 42.0 Å². The smallest absolute Gasteiger partial charge is 0.326 e. The SMILES string of the molecule is O=c1[nH]c2cc(Nc3ccccc3)c(N3CCC(N4CCCCC4)CC3)cc2n1CC1CCCCC1. The van der Waals surface area contributed by atoms with Crippen molar-refractivity contribution in [2.75, 3.05) is 36.4 Å². The molecule has 3 fully saturated rings. The van der Waals surface area contributed by atoms with Gasteiger partial charge in [0.05, 0.1) is 22.4 Å². The van der Waals surface area contributed by atoms with Crippen LogP contribution < -0.4 is 15.9 Å². The van der Waals surface area contributed by atoms with Gasteiger partial charge in [0.25, 0.3) is 0 Å². The lowest BCUT2D eigenvalue weighted by atomic mass is 9.89. The Balaban J connectivity index is 1.31. The third-order valence-corrected chi connectivity index (χ3v) is 8.82. The number of hydrogen-bond acceptors (Lipinski definition) is 4. The number of imidazole rings is 1. The van der Waals surface area contributed by atoms with E-state index in [1.54, 1.807) is 0 Å². The lowest BCUT2D eigenvalue weighted by Crippen LogP contribution is -2.46. The van der Waals surface area contributed by atoms with E-state index in [1.807, 2.05) is 10.6 Å². The van der Waals surface area contributed by atoms with E-state index in [2.05, 4.69) is 56.5 Å². The monoisotopic (exact) mass is 487 g/mol. The average molecular weight is 488 g/mol. The molecule has 1 saturated carbocycles. The van der Waals surface area contributed by atoms with Crippen molar-refractivity contribution in [3.8, 4) is 0 Å². The molecule has 36 heavy (non-hydrogen) atoms. The highest BCUT2D eigenvalue weighted by molar-refractivity contribution is 5.90. The molecule has 3 heterocycles. The van der Waals surface area contributed by atoms with Crippen LogP contribution in [0.15, 0.2) is 47.3 Å². The van der Waals surface area contributed by atoms with E-state index in [4.69, 9.17) is 0 Å². The molecule has 1 aromatic heterocycles. The number of piperidine rings is 2. The molecule has 3 aliphatic rings. The molecule has 2 aromatic carbocycles. The summed E-state index contributed by atoms with van der Waals surface area (Å²) < 4.78 is 2.02. The summed E-state index contributed by atoms with van der Waals surface area (Å²) in [5, 5.41) is 3.66. The number of para-hydroxylation sites is 1. The summed E-state index contributed by atoms with van der Waals surface area (Å²) in [6.45, 7) is 5.50. The fraction of sp³-hybridized carbons (Fsp3) is 0.567. The van der Waals surface area contributed by atoms with Crippen LogP contribution in [0.25, 0.3) is 11.0 Å². The minimum Gasteiger partial charge on any atom is -0.370 e. The van der Waals surface area contributed by atoms with Crippen LogP contribution in [0.4, 0.5) is 17.1 Å². The first kappa shape index (κ1) is 23.7. The second-order valence-electron chi connectivity index (χ2n) is 11.2. The molecule has 1 aliphatic carbocycles. The van der Waals surface area contributed by atoms with Crippen LogP contribution in [-0.2, 0) is 6.54 Å². The first-order valence-corrected chi connectivity index (χ1v) is 14.3. The number of benzene rings is 2. The largest absolute Gasteiger partial charge is 0.370 e. The Morgan fingerprint density at radius 2 is 1.56 bits per heavy atom. The highest BCUT2D eigenvalue weighted by Gasteiger charge is 2.27. The van der Waals surface area contributed by atoms with Crippen LogP contribution in [0.2, 0.25) is 0 Å². The van der Waals surface area contributed by atoms with Gasteiger partial charge in [0.1, 0.15) is 0 Å². The fourth-order valence-electron chi connectivity index (χ4n) is 6.80. The molecular formula is C30H41N5O. The first-order chi connectivity index (χ1) is 17.7. The van der Waals surface area contributed by atoms with Crippen molar-refractivity contribution in [3.63, 3.8) is 0 Å². The van der Waals surface area contributed by atoms with Crippen LogP contribution >= 0.6 is 0 Å². The number of fused-ring (bicyclic) bond motifs is 1. The highest BCUT2D eigenvalue weighted by atomic mass is 16.1. The zero-order valence-electron chi connectivity index (χ0n) is 21.6. The van der Waals surface area contributed by atoms with Gasteiger partial charge in [-0.2, -0.15) is 0 Å². The summed E-state index contributed by atoms with van der Waals surface area (Å²) >= 11 is 0. The van der Waals surface area contributed by atoms with E-state index < -0.39 is 0 Å². The Morgan fingerprint density at radius 1 is 0.833 bits per heavy atom. The number of H-pyrrole nitrogens is 1. The summed E-state index contributed by atoms with van der Waals surface area (Å²) in [6, 6.07) is 15.5. The zero-order valence-corrected chi connectivity index (χ0v) is 21.6. The van der Waals surface area contributed by atoms with Crippen molar-refractivity contribution in [2.45, 2.75) is 76.8 Å². The number of aromatic amines is 1. The quantitative estimate of drug-likeness (QED) is 0.441. The number of nitrogens with one attached hydrogen (secondary N) is 2. The lowest BCUT2D eigenvalue weighted by Gasteiger charge is -2.41. The molecule has 0 amide bonds. The Bertz CT molecular complexity index is 1200. The van der Waals surface area contributed by atoms with E-state index in [-0.39, 0.29) is 5.69 Å². The molecule has 0 spiro atoms. The zero-order chi connectivity index (χ0) is 24.3. The maximum Gasteiger partial charge on any atom is 0.326 e. The number of anilines is 3. The fourth-order valence-corrected chi connectivity index (χ4v) is 6.80. The number of rotatable bonds is 6. The third-order valence-electron chi connectivity index (χ3n) is 8.82. The standard InChI is InChI=1S/C30H41N5O/c36-30-32-27-20-26(31-24-12-6-2-7-13-24)28(21-29(27)35(30)22-23-10-4-1-5-11-23)34-18-14-25(15-19-34)33-16-8-3-9-17-33/h2,6-7,12-13,20-21,23,25,31H,1,3-5,8-11,14-19,22H2,(H,32,36). The van der Waals surface area contributed by atoms with Gasteiger partial charge in [-0.1, -0.05) is 43.9 Å². The van der Waals surface area contributed by atoms with Crippen LogP contribution in [0.3, 0.4) is 0 Å². The topological polar surface area (TPSA) is 56.3 Å². The summed E-state index contributed by atoms with van der Waals surface area (Å²) in [5.74, 6) is 0.612. The van der Waals surface area contributed by atoms with E-state index in [9.17, 15) is 4.79 Å². The predicted octanol–water partition coefficient (Wildman–Crippen LogP) is 6.11. The first-order valence-electron chi connectivity index (χ1n) is 14.3. The molecular weight excluding hydrogens is 446 g/mol. The average Bonchev–Trinajstić information content (AvgIpc) is 3.23. The summed E-state index contributed by atoms with van der Waals surface area (Å²) in [5.41, 5.74) is 5.39. The second kappa shape index (κ2) is 10.7. The molecule has 6 nitrogen and oxygen atoms in total. The van der Waals surface area contributed by atoms with Crippen molar-refractivity contribution in [3.05, 3.63) is 52.9 Å². The van der Waals surface area contributed by atoms with Crippen molar-refractivity contribution in [1.29, 1.82) is 0 Å². The van der Waals surface area contributed by atoms with Crippen molar-refractivity contribution < 1.29 is 0 Å². The molecule has 0 atom stereocenters. The van der Waals surface area contributed by atoms with Gasteiger partial charge in [-0.3, -0.25) is 4.57 Å². The minimum atomic E-state index is 0.0298. The van der Waals surface area contributed by atoms with Crippen LogP contribution in [-0.4, -0.2) is 46.7 Å². The maximum atomic E-state index is 13.1. The van der Waals surface area contributed by atoms with Gasteiger partial charge in [-0.15, -0.1) is 0 Å². The van der Waals surface area contributed by atoms with Crippen molar-refractivity contribution in [1.82, 2.24) is 14.5 Å². The van der Waals surface area contributed by atoms with Gasteiger partial charge >= 0.3 is 5.69 Å². The van der Waals surface area contributed by atoms with Gasteiger partial charge in [0, 0.05) is 31.4 Å². The number of aromatic nitrogens is 2. The number of likely N-dealkylation sites (tertiary alicyclic amines) is 1. The molecule has 0 radical (unpaired) electrons. The number of nitrogens with zero attached hydrogens (tertiary/aromatic N) is 3. The molecule has 6 heteroatoms. The lowest BCUT2D eigenvalue weighted by molar-refractivity contribution is 0.141. The van der Waals surface area contributed by atoms with Gasteiger partial charge in [0.15, 0.2) is 0 Å². The molecule has 0 bridgehead atoms.